The lowest BCUT2D eigenvalue weighted by atomic mass is 10.1. The number of rotatable bonds is 3. The molecule has 1 aliphatic rings. The molecule has 6 heteroatoms. The smallest absolute Gasteiger partial charge is 0.315 e. The van der Waals surface area contributed by atoms with Crippen LogP contribution in [0.1, 0.15) is 22.9 Å². The van der Waals surface area contributed by atoms with Crippen LogP contribution in [0.4, 0.5) is 4.79 Å². The minimum absolute atomic E-state index is 0.294. The van der Waals surface area contributed by atoms with Gasteiger partial charge in [0.15, 0.2) is 0 Å². The second-order valence-corrected chi connectivity index (χ2v) is 5.22. The van der Waals surface area contributed by atoms with Crippen LogP contribution in [0.5, 0.6) is 0 Å². The van der Waals surface area contributed by atoms with Crippen LogP contribution in [-0.4, -0.2) is 27.0 Å². The fraction of sp³-hybridized carbons (Fsp3) is 0.333. The van der Waals surface area contributed by atoms with Gasteiger partial charge in [-0.15, -0.1) is 0 Å². The van der Waals surface area contributed by atoms with Crippen molar-refractivity contribution in [1.82, 2.24) is 20.4 Å². The van der Waals surface area contributed by atoms with Crippen LogP contribution in [0, 0.1) is 0 Å². The quantitative estimate of drug-likeness (QED) is 0.783. The molecule has 0 fully saturated rings. The highest BCUT2D eigenvalue weighted by atomic mass is 16.3. The summed E-state index contributed by atoms with van der Waals surface area (Å²) in [7, 11) is 1.83. The van der Waals surface area contributed by atoms with Gasteiger partial charge >= 0.3 is 6.03 Å². The number of nitrogens with one attached hydrogen (secondary N) is 2. The van der Waals surface area contributed by atoms with E-state index in [1.165, 1.54) is 0 Å². The highest BCUT2D eigenvalue weighted by Gasteiger charge is 2.31. The van der Waals surface area contributed by atoms with Gasteiger partial charge in [-0.2, -0.15) is 5.10 Å². The molecule has 2 amide bonds. The fourth-order valence-corrected chi connectivity index (χ4v) is 2.69. The molecule has 3 N–H and O–H groups in total. The van der Waals surface area contributed by atoms with Gasteiger partial charge in [-0.05, 0) is 17.2 Å². The third-order valence-corrected chi connectivity index (χ3v) is 3.84. The van der Waals surface area contributed by atoms with Gasteiger partial charge in [-0.25, -0.2) is 4.79 Å². The number of nitrogens with zero attached hydrogens (tertiary/aromatic N) is 2. The van der Waals surface area contributed by atoms with Crippen LogP contribution in [0.2, 0.25) is 0 Å². The Morgan fingerprint density at radius 2 is 2.24 bits per heavy atom. The van der Waals surface area contributed by atoms with E-state index in [0.717, 1.165) is 16.8 Å². The van der Waals surface area contributed by atoms with Gasteiger partial charge in [0.05, 0.1) is 24.4 Å². The molecule has 0 spiro atoms. The molecule has 6 nitrogen and oxygen atoms in total. The summed E-state index contributed by atoms with van der Waals surface area (Å²) < 4.78 is 1.71. The molecular formula is C15H18N4O2. The molecule has 0 radical (unpaired) electrons. The Morgan fingerprint density at radius 1 is 1.43 bits per heavy atom. The molecule has 0 saturated heterocycles. The zero-order chi connectivity index (χ0) is 14.8. The van der Waals surface area contributed by atoms with Crippen molar-refractivity contribution < 1.29 is 9.90 Å². The van der Waals surface area contributed by atoms with Crippen molar-refractivity contribution in [1.29, 1.82) is 0 Å². The summed E-state index contributed by atoms with van der Waals surface area (Å²) in [4.78, 5) is 12.0. The molecule has 1 aromatic heterocycles. The maximum atomic E-state index is 12.0. The molecule has 3 rings (SSSR count). The number of benzene rings is 1. The van der Waals surface area contributed by atoms with E-state index in [9.17, 15) is 9.90 Å². The average molecular weight is 286 g/mol. The number of aromatic nitrogens is 2. The highest BCUT2D eigenvalue weighted by Crippen LogP contribution is 2.30. The van der Waals surface area contributed by atoms with Crippen LogP contribution >= 0.6 is 0 Å². The van der Waals surface area contributed by atoms with Crippen molar-refractivity contribution in [2.75, 3.05) is 0 Å². The predicted molar refractivity (Wildman–Crippen MR) is 77.5 cm³/mol. The lowest BCUT2D eigenvalue weighted by Gasteiger charge is -2.18. The largest absolute Gasteiger partial charge is 0.390 e. The first-order chi connectivity index (χ1) is 10.1. The molecule has 1 aliphatic carbocycles. The van der Waals surface area contributed by atoms with Crippen LogP contribution in [-0.2, 0) is 20.0 Å². The molecule has 1 heterocycles. The number of urea groups is 1. The second-order valence-electron chi connectivity index (χ2n) is 5.22. The zero-order valence-electron chi connectivity index (χ0n) is 11.8. The Morgan fingerprint density at radius 3 is 3.00 bits per heavy atom. The third-order valence-electron chi connectivity index (χ3n) is 3.84. The van der Waals surface area contributed by atoms with Gasteiger partial charge in [0, 0.05) is 19.7 Å². The standard InChI is InChI=1S/C15H18N4O2/c1-19-11(6-7-17-19)9-16-15(21)18-14-12-5-3-2-4-10(12)8-13(14)20/h2-7,13-14,20H,8-9H2,1H3,(H2,16,18,21). The number of aliphatic hydroxyl groups is 1. The summed E-state index contributed by atoms with van der Waals surface area (Å²) in [5.41, 5.74) is 2.99. The predicted octanol–water partition coefficient (Wildman–Crippen LogP) is 0.878. The van der Waals surface area contributed by atoms with E-state index < -0.39 is 6.10 Å². The van der Waals surface area contributed by atoms with Gasteiger partial charge in [0.2, 0.25) is 0 Å². The lowest BCUT2D eigenvalue weighted by Crippen LogP contribution is -2.40. The molecule has 2 aromatic rings. The minimum Gasteiger partial charge on any atom is -0.390 e. The number of aliphatic hydroxyl groups excluding tert-OH is 1. The number of amides is 2. The number of hydrogen-bond acceptors (Lipinski definition) is 3. The molecule has 0 aliphatic heterocycles. The molecule has 110 valence electrons. The van der Waals surface area contributed by atoms with Crippen LogP contribution in [0.3, 0.4) is 0 Å². The van der Waals surface area contributed by atoms with Crippen molar-refractivity contribution in [2.24, 2.45) is 7.05 Å². The summed E-state index contributed by atoms with van der Waals surface area (Å²) in [5, 5.41) is 19.8. The van der Waals surface area contributed by atoms with Crippen molar-refractivity contribution in [3.8, 4) is 0 Å². The normalized spacial score (nSPS) is 20.1. The van der Waals surface area contributed by atoms with E-state index in [2.05, 4.69) is 15.7 Å². The molecular weight excluding hydrogens is 268 g/mol. The number of carbonyl (C=O) groups is 1. The Kier molecular flexibility index (Phi) is 3.62. The van der Waals surface area contributed by atoms with Gasteiger partial charge in [-0.3, -0.25) is 4.68 Å². The first-order valence-electron chi connectivity index (χ1n) is 6.92. The molecule has 2 atom stereocenters. The number of carbonyl (C=O) groups excluding carboxylic acids is 1. The van der Waals surface area contributed by atoms with Gasteiger partial charge in [-0.1, -0.05) is 24.3 Å². The maximum absolute atomic E-state index is 12.0. The summed E-state index contributed by atoms with van der Waals surface area (Å²) in [5.74, 6) is 0. The zero-order valence-corrected chi connectivity index (χ0v) is 11.8. The maximum Gasteiger partial charge on any atom is 0.315 e. The Labute approximate surface area is 122 Å². The Balaban J connectivity index is 1.61. The number of hydrogen-bond donors (Lipinski definition) is 3. The van der Waals surface area contributed by atoms with Crippen LogP contribution < -0.4 is 10.6 Å². The van der Waals surface area contributed by atoms with Crippen molar-refractivity contribution >= 4 is 6.03 Å². The Hall–Kier alpha value is -2.34. The number of aryl methyl sites for hydroxylation is 1. The van der Waals surface area contributed by atoms with E-state index in [0.29, 0.717) is 13.0 Å². The molecule has 0 bridgehead atoms. The summed E-state index contributed by atoms with van der Waals surface area (Å²) >= 11 is 0. The van der Waals surface area contributed by atoms with Crippen molar-refractivity contribution in [3.63, 3.8) is 0 Å². The van der Waals surface area contributed by atoms with Crippen LogP contribution in [0.25, 0.3) is 0 Å². The van der Waals surface area contributed by atoms with E-state index >= 15 is 0 Å². The van der Waals surface area contributed by atoms with Gasteiger partial charge in [0.1, 0.15) is 0 Å². The topological polar surface area (TPSA) is 79.2 Å². The minimum atomic E-state index is -0.579. The SMILES string of the molecule is Cn1nccc1CNC(=O)NC1c2ccccc2CC1O. The van der Waals surface area contributed by atoms with Crippen molar-refractivity contribution in [2.45, 2.75) is 25.1 Å². The van der Waals surface area contributed by atoms with E-state index in [4.69, 9.17) is 0 Å². The van der Waals surface area contributed by atoms with E-state index in [1.54, 1.807) is 10.9 Å². The average Bonchev–Trinajstić information content (AvgIpc) is 3.01. The van der Waals surface area contributed by atoms with Gasteiger partial charge < -0.3 is 15.7 Å². The summed E-state index contributed by atoms with van der Waals surface area (Å²) in [6.45, 7) is 0.396. The first kappa shape index (κ1) is 13.6. The lowest BCUT2D eigenvalue weighted by molar-refractivity contribution is 0.142. The fourth-order valence-electron chi connectivity index (χ4n) is 2.69. The third kappa shape index (κ3) is 2.75. The molecule has 21 heavy (non-hydrogen) atoms. The van der Waals surface area contributed by atoms with E-state index in [1.807, 2.05) is 37.4 Å². The molecule has 1 aromatic carbocycles. The van der Waals surface area contributed by atoms with Crippen LogP contribution in [0.15, 0.2) is 36.5 Å². The van der Waals surface area contributed by atoms with Crippen molar-refractivity contribution in [3.05, 3.63) is 53.3 Å². The summed E-state index contributed by atoms with van der Waals surface area (Å²) in [6.07, 6.45) is 1.68. The first-order valence-corrected chi connectivity index (χ1v) is 6.92. The number of fused-ring (bicyclic) bond motifs is 1. The van der Waals surface area contributed by atoms with E-state index in [-0.39, 0.29) is 12.1 Å². The van der Waals surface area contributed by atoms with Gasteiger partial charge in [0.25, 0.3) is 0 Å². The monoisotopic (exact) mass is 286 g/mol. The molecule has 2 unspecified atom stereocenters. The summed E-state index contributed by atoms with van der Waals surface area (Å²) in [6, 6.07) is 8.98. The molecule has 0 saturated carbocycles. The highest BCUT2D eigenvalue weighted by molar-refractivity contribution is 5.74. The second kappa shape index (κ2) is 5.57. The Bertz CT molecular complexity index is 653.